The first-order chi connectivity index (χ1) is 22.2. The molecule has 0 bridgehead atoms. The molecule has 13 heteroatoms. The number of benzene rings is 3. The van der Waals surface area contributed by atoms with Crippen molar-refractivity contribution in [2.75, 3.05) is 74.9 Å². The van der Waals surface area contributed by atoms with Gasteiger partial charge in [-0.3, -0.25) is 4.79 Å². The van der Waals surface area contributed by atoms with E-state index in [0.29, 0.717) is 72.6 Å². The van der Waals surface area contributed by atoms with Gasteiger partial charge in [-0.1, -0.05) is 18.2 Å². The molecule has 3 aromatic carbocycles. The SMILES string of the molecule is COc1cc(OC)c2c(=O)c(OCCCN3CCN(S(=O)(=O)c4ccccc4)CC3)c(-c3cc(OC)c(OC)c(OC)c3)oc2c1. The van der Waals surface area contributed by atoms with Crippen LogP contribution in [-0.2, 0) is 10.0 Å². The van der Waals surface area contributed by atoms with E-state index >= 15 is 0 Å². The first-order valence-electron chi connectivity index (χ1n) is 14.7. The lowest BCUT2D eigenvalue weighted by Gasteiger charge is -2.33. The highest BCUT2D eigenvalue weighted by molar-refractivity contribution is 7.89. The first-order valence-corrected chi connectivity index (χ1v) is 16.1. The average molecular weight is 655 g/mol. The quantitative estimate of drug-likeness (QED) is 0.192. The summed E-state index contributed by atoms with van der Waals surface area (Å²) in [5.74, 6) is 2.06. The fourth-order valence-electron chi connectivity index (χ4n) is 5.45. The molecule has 46 heavy (non-hydrogen) atoms. The van der Waals surface area contributed by atoms with Crippen LogP contribution in [0.4, 0.5) is 0 Å². The zero-order valence-electron chi connectivity index (χ0n) is 26.5. The van der Waals surface area contributed by atoms with E-state index in [1.807, 2.05) is 0 Å². The molecular formula is C33H38N2O10S. The van der Waals surface area contributed by atoms with Gasteiger partial charge in [0, 0.05) is 50.4 Å². The molecule has 1 saturated heterocycles. The minimum absolute atomic E-state index is 0.00372. The zero-order valence-corrected chi connectivity index (χ0v) is 27.3. The smallest absolute Gasteiger partial charge is 0.243 e. The average Bonchev–Trinajstić information content (AvgIpc) is 3.09. The summed E-state index contributed by atoms with van der Waals surface area (Å²) in [5, 5.41) is 0.213. The Morgan fingerprint density at radius 1 is 0.761 bits per heavy atom. The van der Waals surface area contributed by atoms with Crippen LogP contribution in [0.5, 0.6) is 34.5 Å². The number of ether oxygens (including phenoxy) is 6. The maximum Gasteiger partial charge on any atom is 0.243 e. The maximum atomic E-state index is 14.0. The highest BCUT2D eigenvalue weighted by atomic mass is 32.2. The molecule has 0 amide bonds. The van der Waals surface area contributed by atoms with Gasteiger partial charge in [0.25, 0.3) is 0 Å². The van der Waals surface area contributed by atoms with Gasteiger partial charge in [0.2, 0.25) is 27.0 Å². The van der Waals surface area contributed by atoms with Gasteiger partial charge in [-0.25, -0.2) is 8.42 Å². The lowest BCUT2D eigenvalue weighted by molar-refractivity contribution is 0.174. The van der Waals surface area contributed by atoms with E-state index in [1.165, 1.54) is 39.9 Å². The third-order valence-electron chi connectivity index (χ3n) is 7.85. The van der Waals surface area contributed by atoms with E-state index in [2.05, 4.69) is 4.90 Å². The molecule has 0 aliphatic carbocycles. The number of methoxy groups -OCH3 is 5. The van der Waals surface area contributed by atoms with Crippen molar-refractivity contribution in [2.24, 2.45) is 0 Å². The summed E-state index contributed by atoms with van der Waals surface area (Å²) >= 11 is 0. The number of piperazine rings is 1. The molecule has 0 spiro atoms. The molecule has 246 valence electrons. The van der Waals surface area contributed by atoms with Gasteiger partial charge in [-0.15, -0.1) is 0 Å². The summed E-state index contributed by atoms with van der Waals surface area (Å²) in [7, 11) is 3.95. The van der Waals surface area contributed by atoms with Crippen molar-refractivity contribution in [3.05, 3.63) is 64.8 Å². The maximum absolute atomic E-state index is 14.0. The van der Waals surface area contributed by atoms with Gasteiger partial charge in [0.05, 0.1) is 47.1 Å². The molecule has 12 nitrogen and oxygen atoms in total. The fraction of sp³-hybridized carbons (Fsp3) is 0.364. The van der Waals surface area contributed by atoms with Gasteiger partial charge in [-0.05, 0) is 30.7 Å². The molecular weight excluding hydrogens is 616 g/mol. The topological polar surface area (TPSA) is 126 Å². The van der Waals surface area contributed by atoms with Gasteiger partial charge in [0.15, 0.2) is 17.3 Å². The molecule has 1 aliphatic heterocycles. The van der Waals surface area contributed by atoms with Crippen molar-refractivity contribution in [3.8, 4) is 45.8 Å². The Morgan fingerprint density at radius 3 is 2.00 bits per heavy atom. The molecule has 1 fully saturated rings. The van der Waals surface area contributed by atoms with Gasteiger partial charge < -0.3 is 37.7 Å². The second-order valence-electron chi connectivity index (χ2n) is 10.5. The van der Waals surface area contributed by atoms with Crippen LogP contribution in [0.15, 0.2) is 68.7 Å². The lowest BCUT2D eigenvalue weighted by atomic mass is 10.1. The van der Waals surface area contributed by atoms with E-state index in [-0.39, 0.29) is 34.8 Å². The highest BCUT2D eigenvalue weighted by Gasteiger charge is 2.28. The summed E-state index contributed by atoms with van der Waals surface area (Å²) in [6.45, 7) is 2.80. The monoisotopic (exact) mass is 654 g/mol. The highest BCUT2D eigenvalue weighted by Crippen LogP contribution is 2.44. The van der Waals surface area contributed by atoms with Gasteiger partial charge in [-0.2, -0.15) is 4.31 Å². The third kappa shape index (κ3) is 6.57. The van der Waals surface area contributed by atoms with Crippen molar-refractivity contribution in [1.82, 2.24) is 9.21 Å². The number of fused-ring (bicyclic) bond motifs is 1. The van der Waals surface area contributed by atoms with Gasteiger partial charge >= 0.3 is 0 Å². The Labute approximate surface area is 268 Å². The number of hydrogen-bond acceptors (Lipinski definition) is 11. The number of hydrogen-bond donors (Lipinski definition) is 0. The number of sulfonamides is 1. The van der Waals surface area contributed by atoms with E-state index in [4.69, 9.17) is 32.8 Å². The molecule has 1 aromatic heterocycles. The van der Waals surface area contributed by atoms with Crippen molar-refractivity contribution in [2.45, 2.75) is 11.3 Å². The van der Waals surface area contributed by atoms with Crippen LogP contribution in [0.3, 0.4) is 0 Å². The molecule has 0 unspecified atom stereocenters. The first kappa shape index (κ1) is 32.9. The van der Waals surface area contributed by atoms with Crippen LogP contribution in [0.2, 0.25) is 0 Å². The Bertz CT molecular complexity index is 1810. The molecule has 0 atom stereocenters. The standard InChI is InChI=1S/C33H38N2O10S/c1-39-23-20-25(40-2)29-26(21-23)45-31(22-18-27(41-3)32(43-5)28(19-22)42-4)33(30(29)36)44-17-9-12-34-13-15-35(16-14-34)46(37,38)24-10-7-6-8-11-24/h6-8,10-11,18-21H,9,12-17H2,1-5H3. The summed E-state index contributed by atoms with van der Waals surface area (Å²) < 4.78 is 67.5. The molecule has 0 N–H and O–H groups in total. The predicted octanol–water partition coefficient (Wildman–Crippen LogP) is 4.28. The molecule has 0 radical (unpaired) electrons. The normalized spacial score (nSPS) is 14.2. The number of nitrogens with zero attached hydrogens (tertiary/aromatic N) is 2. The molecule has 1 aliphatic rings. The summed E-state index contributed by atoms with van der Waals surface area (Å²) in [6, 6.07) is 15.0. The van der Waals surface area contributed by atoms with Gasteiger partial charge in [0.1, 0.15) is 22.5 Å². The Kier molecular flexibility index (Phi) is 10.2. The summed E-state index contributed by atoms with van der Waals surface area (Å²) in [4.78, 5) is 16.5. The minimum Gasteiger partial charge on any atom is -0.496 e. The second-order valence-corrected chi connectivity index (χ2v) is 12.4. The Morgan fingerprint density at radius 2 is 1.41 bits per heavy atom. The zero-order chi connectivity index (χ0) is 32.8. The Balaban J connectivity index is 1.38. The lowest BCUT2D eigenvalue weighted by Crippen LogP contribution is -2.48. The second kappa shape index (κ2) is 14.3. The third-order valence-corrected chi connectivity index (χ3v) is 9.76. The summed E-state index contributed by atoms with van der Waals surface area (Å²) in [5.41, 5.74) is 0.311. The van der Waals surface area contributed by atoms with Crippen LogP contribution >= 0.6 is 0 Å². The van der Waals surface area contributed by atoms with Crippen LogP contribution in [0, 0.1) is 0 Å². The largest absolute Gasteiger partial charge is 0.496 e. The van der Waals surface area contributed by atoms with Crippen molar-refractivity contribution >= 4 is 21.0 Å². The van der Waals surface area contributed by atoms with Crippen molar-refractivity contribution in [3.63, 3.8) is 0 Å². The van der Waals surface area contributed by atoms with Crippen LogP contribution in [0.25, 0.3) is 22.3 Å². The van der Waals surface area contributed by atoms with E-state index in [9.17, 15) is 13.2 Å². The number of rotatable bonds is 13. The van der Waals surface area contributed by atoms with Crippen LogP contribution in [0.1, 0.15) is 6.42 Å². The van der Waals surface area contributed by atoms with Crippen molar-refractivity contribution in [1.29, 1.82) is 0 Å². The van der Waals surface area contributed by atoms with Crippen LogP contribution in [-0.4, -0.2) is 92.5 Å². The van der Waals surface area contributed by atoms with E-state index in [1.54, 1.807) is 54.6 Å². The summed E-state index contributed by atoms with van der Waals surface area (Å²) in [6.07, 6.45) is 0.581. The minimum atomic E-state index is -3.53. The fourth-order valence-corrected chi connectivity index (χ4v) is 6.90. The molecule has 2 heterocycles. The van der Waals surface area contributed by atoms with E-state index in [0.717, 1.165) is 0 Å². The predicted molar refractivity (Wildman–Crippen MR) is 172 cm³/mol. The van der Waals surface area contributed by atoms with Crippen LogP contribution < -0.4 is 33.8 Å². The molecule has 0 saturated carbocycles. The van der Waals surface area contributed by atoms with Crippen molar-refractivity contribution < 1.29 is 41.3 Å². The van der Waals surface area contributed by atoms with E-state index < -0.39 is 15.5 Å². The molecule has 5 rings (SSSR count). The molecule has 4 aromatic rings. The Hall–Kier alpha value is -4.46.